The van der Waals surface area contributed by atoms with Gasteiger partial charge in [-0.1, -0.05) is 25.3 Å². The number of carbonyl (C=O) groups excluding carboxylic acids is 1. The van der Waals surface area contributed by atoms with Crippen LogP contribution in [0.3, 0.4) is 0 Å². The lowest BCUT2D eigenvalue weighted by molar-refractivity contribution is -0.144. The van der Waals surface area contributed by atoms with Crippen LogP contribution in [0.2, 0.25) is 0 Å². The van der Waals surface area contributed by atoms with E-state index in [-0.39, 0.29) is 18.0 Å². The molecule has 2 aliphatic carbocycles. The Labute approximate surface area is 228 Å². The molecular weight excluding hydrogens is 516 g/mol. The van der Waals surface area contributed by atoms with Gasteiger partial charge in [0.25, 0.3) is 5.91 Å². The van der Waals surface area contributed by atoms with Crippen molar-refractivity contribution in [2.45, 2.75) is 76.0 Å². The van der Waals surface area contributed by atoms with E-state index in [1.807, 2.05) is 24.3 Å². The van der Waals surface area contributed by atoms with Crippen molar-refractivity contribution < 1.29 is 27.9 Å². The maximum atomic E-state index is 13.1. The summed E-state index contributed by atoms with van der Waals surface area (Å²) >= 11 is 0. The first-order valence-corrected chi connectivity index (χ1v) is 15.3. The molecule has 0 radical (unpaired) electrons. The Bertz CT molecular complexity index is 1620. The zero-order valence-electron chi connectivity index (χ0n) is 22.5. The van der Waals surface area contributed by atoms with Crippen molar-refractivity contribution in [3.05, 3.63) is 53.1 Å². The smallest absolute Gasteiger partial charge is 0.312 e. The van der Waals surface area contributed by atoms with E-state index in [9.17, 15) is 23.1 Å². The molecule has 0 saturated heterocycles. The average Bonchev–Trinajstić information content (AvgIpc) is 3.59. The highest BCUT2D eigenvalue weighted by atomic mass is 32.2. The summed E-state index contributed by atoms with van der Waals surface area (Å²) < 4.78 is 34.6. The molecule has 3 aromatic rings. The van der Waals surface area contributed by atoms with E-state index in [4.69, 9.17) is 4.74 Å². The number of fused-ring (bicyclic) bond motifs is 7. The Hall–Kier alpha value is -3.33. The summed E-state index contributed by atoms with van der Waals surface area (Å²) in [5.74, 6) is -0.613. The fraction of sp³-hybridized carbons (Fsp3) is 0.467. The number of carboxylic acids is 1. The van der Waals surface area contributed by atoms with Gasteiger partial charge >= 0.3 is 5.97 Å². The van der Waals surface area contributed by atoms with E-state index in [1.165, 1.54) is 25.8 Å². The van der Waals surface area contributed by atoms with Gasteiger partial charge in [0.1, 0.15) is 5.75 Å². The fourth-order valence-corrected chi connectivity index (χ4v) is 7.34. The van der Waals surface area contributed by atoms with Crippen LogP contribution in [0.25, 0.3) is 22.2 Å². The standard InChI is InChI=1S/C30H34N2O6S/c1-17(2)39(36,37)31-28(33)19-9-11-22-25(13-19)32-16-30(29(34)35)15-24(30)23-14-20(38-3)10-12-21(23)27(32)26(22)18-7-5-4-6-8-18/h9-14,17-18,24H,4-8,15-16H2,1-3H3,(H,31,33)(H,34,35)/t24-,30-/m0/s1. The van der Waals surface area contributed by atoms with E-state index in [0.29, 0.717) is 18.1 Å². The van der Waals surface area contributed by atoms with Gasteiger partial charge in [-0.25, -0.2) is 13.1 Å². The first-order chi connectivity index (χ1) is 18.6. The van der Waals surface area contributed by atoms with Crippen LogP contribution in [-0.4, -0.2) is 42.3 Å². The Morgan fingerprint density at radius 2 is 1.85 bits per heavy atom. The Morgan fingerprint density at radius 3 is 2.51 bits per heavy atom. The number of nitrogens with zero attached hydrogens (tertiary/aromatic N) is 1. The van der Waals surface area contributed by atoms with Crippen LogP contribution in [0, 0.1) is 5.41 Å². The summed E-state index contributed by atoms with van der Waals surface area (Å²) in [6, 6.07) is 11.3. The summed E-state index contributed by atoms with van der Waals surface area (Å²) in [6.45, 7) is 3.33. The molecule has 0 spiro atoms. The number of hydrogen-bond donors (Lipinski definition) is 2. The number of carbonyl (C=O) groups is 2. The highest BCUT2D eigenvalue weighted by molar-refractivity contribution is 7.90. The summed E-state index contributed by atoms with van der Waals surface area (Å²) in [5.41, 5.74) is 4.31. The minimum Gasteiger partial charge on any atom is -0.497 e. The predicted molar refractivity (Wildman–Crippen MR) is 149 cm³/mol. The molecule has 206 valence electrons. The number of hydrogen-bond acceptors (Lipinski definition) is 5. The van der Waals surface area contributed by atoms with Gasteiger partial charge in [-0.05, 0) is 80.5 Å². The zero-order valence-corrected chi connectivity index (χ0v) is 23.3. The van der Waals surface area contributed by atoms with Crippen molar-refractivity contribution in [3.63, 3.8) is 0 Å². The molecule has 2 fully saturated rings. The number of aliphatic carboxylic acids is 1. The molecule has 2 atom stereocenters. The Kier molecular flexibility index (Phi) is 6.06. The monoisotopic (exact) mass is 550 g/mol. The molecular formula is C30H34N2O6S. The van der Waals surface area contributed by atoms with Crippen LogP contribution in [0.1, 0.15) is 85.7 Å². The van der Waals surface area contributed by atoms with E-state index in [2.05, 4.69) is 9.29 Å². The quantitative estimate of drug-likeness (QED) is 0.425. The first kappa shape index (κ1) is 25.9. The van der Waals surface area contributed by atoms with E-state index in [0.717, 1.165) is 53.4 Å². The molecule has 0 unspecified atom stereocenters. The minimum atomic E-state index is -3.80. The number of nitrogens with one attached hydrogen (secondary N) is 1. The molecule has 8 nitrogen and oxygen atoms in total. The van der Waals surface area contributed by atoms with Crippen LogP contribution < -0.4 is 9.46 Å². The van der Waals surface area contributed by atoms with Gasteiger partial charge in [0, 0.05) is 34.5 Å². The normalized spacial score (nSPS) is 22.5. The topological polar surface area (TPSA) is 115 Å². The Balaban J connectivity index is 1.60. The first-order valence-electron chi connectivity index (χ1n) is 13.7. The maximum Gasteiger partial charge on any atom is 0.312 e. The van der Waals surface area contributed by atoms with Gasteiger partial charge in [0.05, 0.1) is 23.5 Å². The van der Waals surface area contributed by atoms with Crippen LogP contribution >= 0.6 is 0 Å². The van der Waals surface area contributed by atoms with Gasteiger partial charge in [-0.2, -0.15) is 0 Å². The molecule has 2 heterocycles. The number of benzene rings is 2. The van der Waals surface area contributed by atoms with Crippen molar-refractivity contribution in [3.8, 4) is 17.0 Å². The lowest BCUT2D eigenvalue weighted by Crippen LogP contribution is -2.35. The summed E-state index contributed by atoms with van der Waals surface area (Å²) in [7, 11) is -2.18. The average molecular weight is 551 g/mol. The molecule has 3 aliphatic rings. The number of ether oxygens (including phenoxy) is 1. The molecule has 6 rings (SSSR count). The lowest BCUT2D eigenvalue weighted by atomic mass is 9.81. The molecule has 1 aromatic heterocycles. The van der Waals surface area contributed by atoms with Crippen molar-refractivity contribution in [1.82, 2.24) is 9.29 Å². The van der Waals surface area contributed by atoms with Gasteiger partial charge in [-0.15, -0.1) is 0 Å². The van der Waals surface area contributed by atoms with Crippen molar-refractivity contribution >= 4 is 32.8 Å². The minimum absolute atomic E-state index is 0.128. The van der Waals surface area contributed by atoms with Crippen LogP contribution in [0.4, 0.5) is 0 Å². The third-order valence-corrected chi connectivity index (χ3v) is 10.8. The summed E-state index contributed by atoms with van der Waals surface area (Å²) in [6.07, 6.45) is 6.13. The molecule has 2 saturated carbocycles. The highest BCUT2D eigenvalue weighted by Gasteiger charge is 2.63. The fourth-order valence-electron chi connectivity index (χ4n) is 6.73. The van der Waals surface area contributed by atoms with Gasteiger partial charge in [0.15, 0.2) is 0 Å². The largest absolute Gasteiger partial charge is 0.497 e. The SMILES string of the molecule is COc1ccc2c(c1)[C@@H]1C[C@]1(C(=O)O)Cn1c-2c(C2CCCCC2)c2ccc(C(=O)NS(=O)(=O)C(C)C)cc21. The molecule has 1 aliphatic heterocycles. The Morgan fingerprint density at radius 1 is 1.10 bits per heavy atom. The number of sulfonamides is 1. The molecule has 0 bridgehead atoms. The van der Waals surface area contributed by atoms with Crippen molar-refractivity contribution in [1.29, 1.82) is 0 Å². The number of methoxy groups -OCH3 is 1. The van der Waals surface area contributed by atoms with Gasteiger partial charge < -0.3 is 14.4 Å². The number of aromatic nitrogens is 1. The second-order valence-electron chi connectivity index (χ2n) is 11.6. The third-order valence-electron chi connectivity index (χ3n) is 9.07. The van der Waals surface area contributed by atoms with Crippen LogP contribution in [0.5, 0.6) is 5.75 Å². The van der Waals surface area contributed by atoms with Crippen LogP contribution in [-0.2, 0) is 21.4 Å². The zero-order chi connectivity index (χ0) is 27.7. The number of carboxylic acid groups (broad SMARTS) is 1. The second-order valence-corrected chi connectivity index (χ2v) is 13.8. The maximum absolute atomic E-state index is 13.1. The summed E-state index contributed by atoms with van der Waals surface area (Å²) in [5, 5.41) is 10.7. The molecule has 2 N–H and O–H groups in total. The number of rotatable bonds is 6. The molecule has 39 heavy (non-hydrogen) atoms. The second kappa shape index (κ2) is 9.11. The van der Waals surface area contributed by atoms with E-state index >= 15 is 0 Å². The summed E-state index contributed by atoms with van der Waals surface area (Å²) in [4.78, 5) is 25.8. The van der Waals surface area contributed by atoms with Gasteiger partial charge in [0.2, 0.25) is 10.0 Å². The molecule has 9 heteroatoms. The van der Waals surface area contributed by atoms with Crippen molar-refractivity contribution in [2.75, 3.05) is 7.11 Å². The van der Waals surface area contributed by atoms with Crippen molar-refractivity contribution in [2.24, 2.45) is 5.41 Å². The lowest BCUT2D eigenvalue weighted by Gasteiger charge is -2.24. The molecule has 1 amide bonds. The van der Waals surface area contributed by atoms with E-state index < -0.39 is 32.6 Å². The van der Waals surface area contributed by atoms with Crippen LogP contribution in [0.15, 0.2) is 36.4 Å². The molecule has 2 aromatic carbocycles. The highest BCUT2D eigenvalue weighted by Crippen LogP contribution is 2.65. The number of amides is 1. The van der Waals surface area contributed by atoms with E-state index in [1.54, 1.807) is 19.2 Å². The third kappa shape index (κ3) is 4.04. The predicted octanol–water partition coefficient (Wildman–Crippen LogP) is 5.40. The van der Waals surface area contributed by atoms with Gasteiger partial charge in [-0.3, -0.25) is 9.59 Å².